The first kappa shape index (κ1) is 19.9. The molecule has 2 aromatic rings. The second-order valence-corrected chi connectivity index (χ2v) is 6.20. The van der Waals surface area contributed by atoms with E-state index in [9.17, 15) is 14.4 Å². The summed E-state index contributed by atoms with van der Waals surface area (Å²) < 4.78 is 10.8. The van der Waals surface area contributed by atoms with Crippen LogP contribution in [0.3, 0.4) is 0 Å². The summed E-state index contributed by atoms with van der Waals surface area (Å²) in [6, 6.07) is 13.3. The van der Waals surface area contributed by atoms with Crippen LogP contribution in [0.15, 0.2) is 66.8 Å². The SMILES string of the molecule is C=CCOc1ccc(C=C2C(=O)NC(=O)N(Cc3ccccc3)C2=O)cc1OC. The minimum Gasteiger partial charge on any atom is -0.493 e. The van der Waals surface area contributed by atoms with Crippen molar-refractivity contribution in [2.75, 3.05) is 13.7 Å². The Balaban J connectivity index is 1.89. The molecular weight excluding hydrogens is 372 g/mol. The lowest BCUT2D eigenvalue weighted by Gasteiger charge is -2.26. The summed E-state index contributed by atoms with van der Waals surface area (Å²) in [4.78, 5) is 38.3. The number of ether oxygens (including phenoxy) is 2. The second-order valence-electron chi connectivity index (χ2n) is 6.20. The predicted molar refractivity (Wildman–Crippen MR) is 107 cm³/mol. The van der Waals surface area contributed by atoms with E-state index in [-0.39, 0.29) is 12.1 Å². The van der Waals surface area contributed by atoms with Crippen molar-refractivity contribution in [1.82, 2.24) is 10.2 Å². The van der Waals surface area contributed by atoms with Crippen LogP contribution in [0.25, 0.3) is 6.08 Å². The third kappa shape index (κ3) is 4.52. The Labute approximate surface area is 168 Å². The maximum Gasteiger partial charge on any atom is 0.331 e. The van der Waals surface area contributed by atoms with Gasteiger partial charge in [-0.25, -0.2) is 4.79 Å². The third-order valence-corrected chi connectivity index (χ3v) is 4.22. The molecule has 7 heteroatoms. The van der Waals surface area contributed by atoms with E-state index in [1.165, 1.54) is 13.2 Å². The number of carbonyl (C=O) groups excluding carboxylic acids is 3. The van der Waals surface area contributed by atoms with Crippen molar-refractivity contribution >= 4 is 23.9 Å². The van der Waals surface area contributed by atoms with Gasteiger partial charge in [0.25, 0.3) is 11.8 Å². The van der Waals surface area contributed by atoms with Gasteiger partial charge in [0, 0.05) is 0 Å². The summed E-state index contributed by atoms with van der Waals surface area (Å²) in [6.07, 6.45) is 3.03. The van der Waals surface area contributed by atoms with E-state index in [1.807, 2.05) is 18.2 Å². The average molecular weight is 392 g/mol. The molecule has 2 aromatic carbocycles. The Bertz CT molecular complexity index is 982. The summed E-state index contributed by atoms with van der Waals surface area (Å²) in [5.41, 5.74) is 1.19. The highest BCUT2D eigenvalue weighted by molar-refractivity contribution is 6.30. The highest BCUT2D eigenvalue weighted by atomic mass is 16.5. The number of benzene rings is 2. The number of methoxy groups -OCH3 is 1. The molecule has 7 nitrogen and oxygen atoms in total. The fourth-order valence-corrected chi connectivity index (χ4v) is 2.81. The van der Waals surface area contributed by atoms with Crippen LogP contribution in [-0.2, 0) is 16.1 Å². The number of carbonyl (C=O) groups is 3. The molecule has 1 saturated heterocycles. The van der Waals surface area contributed by atoms with Crippen molar-refractivity contribution in [1.29, 1.82) is 0 Å². The largest absolute Gasteiger partial charge is 0.493 e. The summed E-state index contributed by atoms with van der Waals surface area (Å²) in [5.74, 6) is -0.444. The van der Waals surface area contributed by atoms with Gasteiger partial charge in [-0.05, 0) is 29.3 Å². The van der Waals surface area contributed by atoms with Gasteiger partial charge in [0.2, 0.25) is 0 Å². The zero-order valence-electron chi connectivity index (χ0n) is 15.9. The minimum absolute atomic E-state index is 0.0633. The Hall–Kier alpha value is -3.87. The molecule has 1 aliphatic heterocycles. The van der Waals surface area contributed by atoms with Crippen molar-refractivity contribution < 1.29 is 23.9 Å². The van der Waals surface area contributed by atoms with Crippen molar-refractivity contribution in [3.63, 3.8) is 0 Å². The second kappa shape index (κ2) is 8.88. The van der Waals surface area contributed by atoms with Crippen molar-refractivity contribution in [2.24, 2.45) is 0 Å². The zero-order chi connectivity index (χ0) is 20.8. The standard InChI is InChI=1S/C22H20N2O5/c1-3-11-29-18-10-9-16(13-19(18)28-2)12-17-20(25)23-22(27)24(21(17)26)14-15-7-5-4-6-8-15/h3-10,12-13H,1,11,14H2,2H3,(H,23,25,27). The van der Waals surface area contributed by atoms with Crippen LogP contribution in [-0.4, -0.2) is 36.5 Å². The Morgan fingerprint density at radius 2 is 1.83 bits per heavy atom. The van der Waals surface area contributed by atoms with E-state index >= 15 is 0 Å². The van der Waals surface area contributed by atoms with E-state index in [2.05, 4.69) is 11.9 Å². The molecule has 0 radical (unpaired) electrons. The maximum absolute atomic E-state index is 12.8. The number of rotatable bonds is 7. The number of nitrogens with zero attached hydrogens (tertiary/aromatic N) is 1. The van der Waals surface area contributed by atoms with E-state index in [0.717, 1.165) is 10.5 Å². The molecule has 1 N–H and O–H groups in total. The number of amides is 4. The van der Waals surface area contributed by atoms with Crippen LogP contribution >= 0.6 is 0 Å². The van der Waals surface area contributed by atoms with Crippen LogP contribution in [0.1, 0.15) is 11.1 Å². The summed E-state index contributed by atoms with van der Waals surface area (Å²) >= 11 is 0. The van der Waals surface area contributed by atoms with E-state index < -0.39 is 17.8 Å². The topological polar surface area (TPSA) is 84.9 Å². The van der Waals surface area contributed by atoms with E-state index in [0.29, 0.717) is 23.7 Å². The molecule has 0 spiro atoms. The molecule has 0 aliphatic carbocycles. The van der Waals surface area contributed by atoms with Crippen LogP contribution in [0.4, 0.5) is 4.79 Å². The van der Waals surface area contributed by atoms with Gasteiger partial charge < -0.3 is 9.47 Å². The molecular formula is C22H20N2O5. The summed E-state index contributed by atoms with van der Waals surface area (Å²) in [6.45, 7) is 3.97. The number of hydrogen-bond donors (Lipinski definition) is 1. The molecule has 4 amide bonds. The predicted octanol–water partition coefficient (Wildman–Crippen LogP) is 2.92. The van der Waals surface area contributed by atoms with E-state index in [4.69, 9.17) is 9.47 Å². The molecule has 0 unspecified atom stereocenters. The molecule has 0 aromatic heterocycles. The lowest BCUT2D eigenvalue weighted by atomic mass is 10.1. The number of imide groups is 2. The maximum atomic E-state index is 12.8. The molecule has 1 aliphatic rings. The fraction of sp³-hybridized carbons (Fsp3) is 0.136. The highest BCUT2D eigenvalue weighted by Gasteiger charge is 2.35. The van der Waals surface area contributed by atoms with E-state index in [1.54, 1.807) is 36.4 Å². The van der Waals surface area contributed by atoms with Gasteiger partial charge in [-0.3, -0.25) is 19.8 Å². The molecule has 29 heavy (non-hydrogen) atoms. The molecule has 0 bridgehead atoms. The number of urea groups is 1. The third-order valence-electron chi connectivity index (χ3n) is 4.22. The summed E-state index contributed by atoms with van der Waals surface area (Å²) in [7, 11) is 1.49. The monoisotopic (exact) mass is 392 g/mol. The lowest BCUT2D eigenvalue weighted by molar-refractivity contribution is -0.130. The first-order valence-electron chi connectivity index (χ1n) is 8.88. The smallest absolute Gasteiger partial charge is 0.331 e. The molecule has 0 saturated carbocycles. The van der Waals surface area contributed by atoms with Gasteiger partial charge in [0.05, 0.1) is 13.7 Å². The van der Waals surface area contributed by atoms with Crippen LogP contribution in [0.5, 0.6) is 11.5 Å². The number of barbiturate groups is 1. The zero-order valence-corrected chi connectivity index (χ0v) is 15.9. The van der Waals surface area contributed by atoms with Gasteiger partial charge in [0.15, 0.2) is 11.5 Å². The minimum atomic E-state index is -0.744. The van der Waals surface area contributed by atoms with Crippen LogP contribution in [0, 0.1) is 0 Å². The van der Waals surface area contributed by atoms with Crippen molar-refractivity contribution in [3.05, 3.63) is 77.9 Å². The first-order valence-corrected chi connectivity index (χ1v) is 8.88. The molecule has 1 heterocycles. The van der Waals surface area contributed by atoms with Gasteiger partial charge in [-0.15, -0.1) is 0 Å². The van der Waals surface area contributed by atoms with Crippen LogP contribution < -0.4 is 14.8 Å². The van der Waals surface area contributed by atoms with Crippen molar-refractivity contribution in [3.8, 4) is 11.5 Å². The molecule has 3 rings (SSSR count). The van der Waals surface area contributed by atoms with Gasteiger partial charge in [0.1, 0.15) is 12.2 Å². The van der Waals surface area contributed by atoms with Crippen molar-refractivity contribution in [2.45, 2.75) is 6.54 Å². The average Bonchev–Trinajstić information content (AvgIpc) is 2.73. The number of hydrogen-bond acceptors (Lipinski definition) is 5. The van der Waals surface area contributed by atoms with Crippen LogP contribution in [0.2, 0.25) is 0 Å². The van der Waals surface area contributed by atoms with Gasteiger partial charge >= 0.3 is 6.03 Å². The summed E-state index contributed by atoms with van der Waals surface area (Å²) in [5, 5.41) is 2.21. The normalized spacial score (nSPS) is 15.3. The lowest BCUT2D eigenvalue weighted by Crippen LogP contribution is -2.53. The quantitative estimate of drug-likeness (QED) is 0.445. The fourth-order valence-electron chi connectivity index (χ4n) is 2.81. The highest BCUT2D eigenvalue weighted by Crippen LogP contribution is 2.29. The Morgan fingerprint density at radius 1 is 1.07 bits per heavy atom. The molecule has 1 fully saturated rings. The Morgan fingerprint density at radius 3 is 2.52 bits per heavy atom. The molecule has 148 valence electrons. The number of nitrogens with one attached hydrogen (secondary N) is 1. The Kier molecular flexibility index (Phi) is 6.09. The first-order chi connectivity index (χ1) is 14.0. The van der Waals surface area contributed by atoms with Gasteiger partial charge in [-0.1, -0.05) is 49.1 Å². The molecule has 0 atom stereocenters. The van der Waals surface area contributed by atoms with Gasteiger partial charge in [-0.2, -0.15) is 0 Å².